The van der Waals surface area contributed by atoms with Crippen molar-refractivity contribution in [3.05, 3.63) is 81.8 Å². The van der Waals surface area contributed by atoms with Crippen LogP contribution in [0.15, 0.2) is 64.9 Å². The van der Waals surface area contributed by atoms with Crippen LogP contribution in [-0.2, 0) is 10.0 Å². The summed E-state index contributed by atoms with van der Waals surface area (Å²) in [5.74, 6) is 0.289. The van der Waals surface area contributed by atoms with Gasteiger partial charge in [-0.2, -0.15) is 13.2 Å². The molecule has 8 nitrogen and oxygen atoms in total. The average molecular weight is 549 g/mol. The molecule has 0 amide bonds. The minimum atomic E-state index is -3.94. The summed E-state index contributed by atoms with van der Waals surface area (Å²) in [6, 6.07) is 11.6. The summed E-state index contributed by atoms with van der Waals surface area (Å²) >= 11 is 13.1. The van der Waals surface area contributed by atoms with Crippen LogP contribution in [0.5, 0.6) is 0 Å². The van der Waals surface area contributed by atoms with Crippen LogP contribution in [0.1, 0.15) is 24.0 Å². The average Bonchev–Trinajstić information content (AvgIpc) is 3.61. The van der Waals surface area contributed by atoms with Gasteiger partial charge >= 0.3 is 0 Å². The highest BCUT2D eigenvalue weighted by Gasteiger charge is 2.53. The van der Waals surface area contributed by atoms with Crippen molar-refractivity contribution in [2.75, 3.05) is 24.5 Å². The van der Waals surface area contributed by atoms with Crippen molar-refractivity contribution in [3.63, 3.8) is 0 Å². The van der Waals surface area contributed by atoms with E-state index in [0.29, 0.717) is 47.0 Å². The smallest absolute Gasteiger partial charge is 0.276 e. The first-order valence-electron chi connectivity index (χ1n) is 11.3. The van der Waals surface area contributed by atoms with Crippen LogP contribution in [0, 0.1) is 12.7 Å². The van der Waals surface area contributed by atoms with E-state index in [4.69, 9.17) is 23.2 Å². The monoisotopic (exact) mass is 548 g/mol. The number of aromatic nitrogens is 2. The molecule has 2 heterocycles. The topological polar surface area (TPSA) is 90.8 Å². The molecule has 0 unspecified atom stereocenters. The van der Waals surface area contributed by atoms with Crippen LogP contribution in [0.25, 0.3) is 0 Å². The molecule has 36 heavy (non-hydrogen) atoms. The Morgan fingerprint density at radius 2 is 1.69 bits per heavy atom. The summed E-state index contributed by atoms with van der Waals surface area (Å²) < 4.78 is 39.4. The molecule has 1 N–H and O–H groups in total. The van der Waals surface area contributed by atoms with Crippen molar-refractivity contribution >= 4 is 45.0 Å². The second-order valence-electron chi connectivity index (χ2n) is 8.94. The van der Waals surface area contributed by atoms with Crippen molar-refractivity contribution in [2.45, 2.75) is 30.2 Å². The first-order valence-corrected chi connectivity index (χ1v) is 13.5. The first kappa shape index (κ1) is 24.7. The van der Waals surface area contributed by atoms with E-state index in [1.165, 1.54) is 12.1 Å². The van der Waals surface area contributed by atoms with Crippen LogP contribution in [0.4, 0.5) is 10.3 Å². The van der Waals surface area contributed by atoms with Crippen LogP contribution >= 0.6 is 23.2 Å². The van der Waals surface area contributed by atoms with Gasteiger partial charge in [0, 0.05) is 19.6 Å². The number of hydrazone groups is 1. The zero-order valence-electron chi connectivity index (χ0n) is 19.3. The van der Waals surface area contributed by atoms with Gasteiger partial charge in [-0.15, -0.1) is 5.10 Å². The predicted octanol–water partition coefficient (Wildman–Crippen LogP) is 4.23. The largest absolute Gasteiger partial charge is 0.345 e. The number of nitrogens with one attached hydrogen (secondary N) is 1. The van der Waals surface area contributed by atoms with Gasteiger partial charge in [0.2, 0.25) is 5.95 Å². The molecular formula is C24H23Cl2FN6O2S. The molecule has 0 bridgehead atoms. The maximum Gasteiger partial charge on any atom is 0.276 e. The molecule has 1 saturated carbocycles. The Bertz CT molecular complexity index is 1390. The van der Waals surface area contributed by atoms with Crippen molar-refractivity contribution in [3.8, 4) is 0 Å². The molecule has 1 saturated heterocycles. The van der Waals surface area contributed by atoms with Gasteiger partial charge in [-0.3, -0.25) is 0 Å². The van der Waals surface area contributed by atoms with Crippen LogP contribution < -0.4 is 9.73 Å². The summed E-state index contributed by atoms with van der Waals surface area (Å²) in [7, 11) is -3.94. The molecule has 5 rings (SSSR count). The highest BCUT2D eigenvalue weighted by molar-refractivity contribution is 7.89. The number of piperazine rings is 1. The lowest BCUT2D eigenvalue weighted by molar-refractivity contribution is 0.258. The minimum absolute atomic E-state index is 0.0980. The lowest BCUT2D eigenvalue weighted by Gasteiger charge is -2.44. The third kappa shape index (κ3) is 4.85. The van der Waals surface area contributed by atoms with Gasteiger partial charge in [0.05, 0.1) is 38.4 Å². The highest BCUT2D eigenvalue weighted by atomic mass is 35.5. The quantitative estimate of drug-likeness (QED) is 0.291. The molecule has 2 fully saturated rings. The van der Waals surface area contributed by atoms with E-state index in [1.807, 2.05) is 11.8 Å². The van der Waals surface area contributed by atoms with E-state index in [0.717, 1.165) is 30.8 Å². The predicted molar refractivity (Wildman–Crippen MR) is 137 cm³/mol. The van der Waals surface area contributed by atoms with Crippen molar-refractivity contribution in [1.29, 1.82) is 0 Å². The second-order valence-corrected chi connectivity index (χ2v) is 11.4. The van der Waals surface area contributed by atoms with Gasteiger partial charge < -0.3 is 9.80 Å². The van der Waals surface area contributed by atoms with Gasteiger partial charge in [0.15, 0.2) is 11.7 Å². The first-order chi connectivity index (χ1) is 17.2. The summed E-state index contributed by atoms with van der Waals surface area (Å²) in [6.45, 7) is 3.43. The third-order valence-corrected chi connectivity index (χ3v) is 8.27. The normalized spacial score (nSPS) is 17.4. The lowest BCUT2D eigenvalue weighted by atomic mass is 10.1. The van der Waals surface area contributed by atoms with Gasteiger partial charge in [0.1, 0.15) is 0 Å². The molecule has 2 aromatic carbocycles. The molecule has 1 aliphatic carbocycles. The van der Waals surface area contributed by atoms with Crippen LogP contribution in [0.3, 0.4) is 0 Å². The number of sulfonamides is 1. The van der Waals surface area contributed by atoms with Gasteiger partial charge in [0.25, 0.3) is 10.0 Å². The Labute approximate surface area is 218 Å². The molecule has 1 aliphatic heterocycles. The number of halogens is 3. The van der Waals surface area contributed by atoms with E-state index < -0.39 is 15.8 Å². The number of hydrogen-bond donors (Lipinski definition) is 1. The summed E-state index contributed by atoms with van der Waals surface area (Å²) in [5, 5.41) is 5.11. The van der Waals surface area contributed by atoms with Gasteiger partial charge in [-0.25, -0.2) is 14.4 Å². The van der Waals surface area contributed by atoms with E-state index in [9.17, 15) is 12.8 Å². The Balaban J connectivity index is 1.50. The van der Waals surface area contributed by atoms with E-state index in [2.05, 4.69) is 24.8 Å². The van der Waals surface area contributed by atoms with Gasteiger partial charge in [-0.1, -0.05) is 47.0 Å². The number of nitrogens with zero attached hydrogens (tertiary/aromatic N) is 5. The Morgan fingerprint density at radius 1 is 1.06 bits per heavy atom. The molecule has 2 aliphatic rings. The molecule has 3 aromatic rings. The second kappa shape index (κ2) is 9.49. The van der Waals surface area contributed by atoms with E-state index in [1.54, 1.807) is 30.3 Å². The number of amidine groups is 1. The third-order valence-electron chi connectivity index (χ3n) is 6.41. The van der Waals surface area contributed by atoms with E-state index in [-0.39, 0.29) is 10.4 Å². The number of anilines is 1. The van der Waals surface area contributed by atoms with Crippen molar-refractivity contribution in [1.82, 2.24) is 19.7 Å². The van der Waals surface area contributed by atoms with Gasteiger partial charge in [-0.05, 0) is 44.0 Å². The Morgan fingerprint density at radius 3 is 2.31 bits per heavy atom. The molecule has 188 valence electrons. The fraction of sp³-hybridized carbons (Fsp3) is 0.292. The maximum atomic E-state index is 13.3. The van der Waals surface area contributed by atoms with Crippen molar-refractivity contribution in [2.24, 2.45) is 5.10 Å². The zero-order chi connectivity index (χ0) is 25.5. The number of benzene rings is 2. The molecule has 0 atom stereocenters. The van der Waals surface area contributed by atoms with Crippen LogP contribution in [-0.4, -0.2) is 54.3 Å². The standard InChI is InChI=1S/C24H23Cl2FN6O2S/c1-16-5-7-18(8-6-16)36(34,35)31-30-22(21-19(25)3-2-4-20(21)26)33-12-11-32(15-24(33)9-10-24)23-28-13-17(27)14-29-23/h2-8,13-14,31H,9-12,15H2,1H3/b30-22-. The Hall–Kier alpha value is -2.95. The summed E-state index contributed by atoms with van der Waals surface area (Å²) in [4.78, 5) is 14.8. The number of aryl methyl sites for hydroxylation is 1. The fourth-order valence-corrected chi connectivity index (χ4v) is 5.73. The number of rotatable bonds is 5. The maximum absolute atomic E-state index is 13.3. The molecule has 1 spiro atoms. The molecular weight excluding hydrogens is 526 g/mol. The summed E-state index contributed by atoms with van der Waals surface area (Å²) in [5.41, 5.74) is 1.05. The fourth-order valence-electron chi connectivity index (χ4n) is 4.36. The zero-order valence-corrected chi connectivity index (χ0v) is 21.7. The SMILES string of the molecule is Cc1ccc(S(=O)(=O)N/N=C(/c2c(Cl)cccc2Cl)N2CCN(c3ncc(F)cn3)CC23CC3)cc1. The molecule has 1 aromatic heterocycles. The molecule has 12 heteroatoms. The number of hydrogen-bond acceptors (Lipinski definition) is 6. The van der Waals surface area contributed by atoms with Crippen molar-refractivity contribution < 1.29 is 12.8 Å². The highest BCUT2D eigenvalue weighted by Crippen LogP contribution is 2.46. The van der Waals surface area contributed by atoms with Crippen LogP contribution in [0.2, 0.25) is 10.0 Å². The van der Waals surface area contributed by atoms with E-state index >= 15 is 0 Å². The lowest BCUT2D eigenvalue weighted by Crippen LogP contribution is -2.58. The summed E-state index contributed by atoms with van der Waals surface area (Å²) in [6.07, 6.45) is 3.97. The Kier molecular flexibility index (Phi) is 6.52. The minimum Gasteiger partial charge on any atom is -0.345 e. The molecule has 0 radical (unpaired) electrons.